The molecule has 3 rings (SSSR count). The Hall–Kier alpha value is -1.68. The fourth-order valence-corrected chi connectivity index (χ4v) is 2.35. The molecule has 0 spiro atoms. The number of hydrogen-bond donors (Lipinski definition) is 1. The molecule has 88 valence electrons. The second-order valence-electron chi connectivity index (χ2n) is 4.37. The highest BCUT2D eigenvalue weighted by Gasteiger charge is 2.24. The topological polar surface area (TPSA) is 55.0 Å². The summed E-state index contributed by atoms with van der Waals surface area (Å²) < 4.78 is 5.28. The largest absolute Gasteiger partial charge is 0.381 e. The molecule has 1 aliphatic rings. The molecule has 0 atom stereocenters. The maximum Gasteiger partial charge on any atom is 0.168 e. The molecule has 1 aliphatic heterocycles. The number of nitrogens with one attached hydrogen (secondary N) is 1. The van der Waals surface area contributed by atoms with Crippen LogP contribution in [0.15, 0.2) is 24.7 Å². The predicted octanol–water partition coefficient (Wildman–Crippen LogP) is 2.17. The Kier molecular flexibility index (Phi) is 2.65. The number of aromatic nitrogens is 2. The maximum atomic E-state index is 12.4. The summed E-state index contributed by atoms with van der Waals surface area (Å²) in [5, 5.41) is 0.920. The third kappa shape index (κ3) is 1.85. The van der Waals surface area contributed by atoms with Crippen LogP contribution in [0, 0.1) is 5.92 Å². The second-order valence-corrected chi connectivity index (χ2v) is 4.37. The number of nitrogens with zero attached hydrogens (tertiary/aromatic N) is 1. The average Bonchev–Trinajstić information content (AvgIpc) is 2.83. The number of H-pyrrole nitrogens is 1. The fraction of sp³-hybridized carbons (Fsp3) is 0.385. The van der Waals surface area contributed by atoms with Gasteiger partial charge in [0, 0.05) is 54.2 Å². The zero-order chi connectivity index (χ0) is 11.7. The van der Waals surface area contributed by atoms with E-state index in [0.29, 0.717) is 13.2 Å². The first-order valence-corrected chi connectivity index (χ1v) is 5.89. The van der Waals surface area contributed by atoms with E-state index >= 15 is 0 Å². The number of pyridine rings is 1. The minimum Gasteiger partial charge on any atom is -0.381 e. The smallest absolute Gasteiger partial charge is 0.168 e. The third-order valence-corrected chi connectivity index (χ3v) is 3.34. The molecule has 0 amide bonds. The van der Waals surface area contributed by atoms with E-state index < -0.39 is 0 Å². The van der Waals surface area contributed by atoms with E-state index in [4.69, 9.17) is 4.74 Å². The minimum atomic E-state index is 0.1000. The molecule has 0 bridgehead atoms. The Morgan fingerprint density at radius 3 is 3.06 bits per heavy atom. The number of Topliss-reactive ketones (excluding diaryl/α,β-unsaturated/α-hetero) is 1. The van der Waals surface area contributed by atoms with Gasteiger partial charge in [0.05, 0.1) is 0 Å². The number of carbonyl (C=O) groups excluding carboxylic acids is 1. The molecule has 1 saturated heterocycles. The monoisotopic (exact) mass is 230 g/mol. The van der Waals surface area contributed by atoms with Crippen molar-refractivity contribution in [3.63, 3.8) is 0 Å². The lowest BCUT2D eigenvalue weighted by Gasteiger charge is -2.20. The average molecular weight is 230 g/mol. The summed E-state index contributed by atoms with van der Waals surface area (Å²) in [7, 11) is 0. The van der Waals surface area contributed by atoms with Crippen LogP contribution in [-0.2, 0) is 4.74 Å². The lowest BCUT2D eigenvalue weighted by molar-refractivity contribution is 0.0546. The number of ether oxygens (including phenoxy) is 1. The zero-order valence-electron chi connectivity index (χ0n) is 9.48. The van der Waals surface area contributed by atoms with E-state index in [9.17, 15) is 4.79 Å². The molecule has 0 radical (unpaired) electrons. The van der Waals surface area contributed by atoms with Gasteiger partial charge in [-0.15, -0.1) is 0 Å². The van der Waals surface area contributed by atoms with Gasteiger partial charge in [-0.3, -0.25) is 9.78 Å². The normalized spacial score (nSPS) is 17.4. The van der Waals surface area contributed by atoms with Gasteiger partial charge >= 0.3 is 0 Å². The predicted molar refractivity (Wildman–Crippen MR) is 64.0 cm³/mol. The molecular formula is C13H14N2O2. The van der Waals surface area contributed by atoms with Gasteiger partial charge in [-0.1, -0.05) is 0 Å². The van der Waals surface area contributed by atoms with Gasteiger partial charge in [-0.05, 0) is 18.9 Å². The van der Waals surface area contributed by atoms with Crippen LogP contribution < -0.4 is 0 Å². The standard InChI is InChI=1S/C13H14N2O2/c16-13(9-2-5-17-6-3-9)11-8-15-12-1-4-14-7-10(11)12/h1,4,7-9,15H,2-3,5-6H2. The third-order valence-electron chi connectivity index (χ3n) is 3.34. The van der Waals surface area contributed by atoms with Crippen LogP contribution in [0.3, 0.4) is 0 Å². The molecule has 2 aromatic heterocycles. The van der Waals surface area contributed by atoms with Crippen LogP contribution in [0.5, 0.6) is 0 Å². The number of hydrogen-bond acceptors (Lipinski definition) is 3. The van der Waals surface area contributed by atoms with E-state index in [1.165, 1.54) is 0 Å². The molecule has 0 unspecified atom stereocenters. The van der Waals surface area contributed by atoms with E-state index in [-0.39, 0.29) is 11.7 Å². The molecule has 4 heteroatoms. The Balaban J connectivity index is 1.95. The fourth-order valence-electron chi connectivity index (χ4n) is 2.35. The number of aromatic amines is 1. The summed E-state index contributed by atoms with van der Waals surface area (Å²) in [6.45, 7) is 1.38. The van der Waals surface area contributed by atoms with Crippen molar-refractivity contribution in [3.8, 4) is 0 Å². The van der Waals surface area contributed by atoms with E-state index in [1.807, 2.05) is 6.07 Å². The second kappa shape index (κ2) is 4.30. The van der Waals surface area contributed by atoms with Crippen molar-refractivity contribution in [1.29, 1.82) is 0 Å². The van der Waals surface area contributed by atoms with Gasteiger partial charge in [-0.25, -0.2) is 0 Å². The first-order chi connectivity index (χ1) is 8.36. The SMILES string of the molecule is O=C(c1c[nH]c2ccncc12)C1CCOCC1. The molecular weight excluding hydrogens is 216 g/mol. The summed E-state index contributed by atoms with van der Waals surface area (Å²) in [5.74, 6) is 0.315. The van der Waals surface area contributed by atoms with Crippen molar-refractivity contribution < 1.29 is 9.53 Å². The minimum absolute atomic E-state index is 0.1000. The highest BCUT2D eigenvalue weighted by molar-refractivity contribution is 6.08. The van der Waals surface area contributed by atoms with Crippen LogP contribution in [-0.4, -0.2) is 29.0 Å². The lowest BCUT2D eigenvalue weighted by atomic mass is 9.91. The van der Waals surface area contributed by atoms with Crippen LogP contribution in [0.1, 0.15) is 23.2 Å². The maximum absolute atomic E-state index is 12.4. The first-order valence-electron chi connectivity index (χ1n) is 5.89. The lowest BCUT2D eigenvalue weighted by Crippen LogP contribution is -2.23. The van der Waals surface area contributed by atoms with Gasteiger partial charge in [0.2, 0.25) is 0 Å². The number of fused-ring (bicyclic) bond motifs is 1. The Morgan fingerprint density at radius 1 is 1.41 bits per heavy atom. The van der Waals surface area contributed by atoms with E-state index in [0.717, 1.165) is 29.3 Å². The summed E-state index contributed by atoms with van der Waals surface area (Å²) >= 11 is 0. The first kappa shape index (κ1) is 10.5. The Labute approximate surface area is 99.0 Å². The van der Waals surface area contributed by atoms with Gasteiger partial charge in [0.1, 0.15) is 0 Å². The molecule has 0 aliphatic carbocycles. The van der Waals surface area contributed by atoms with Crippen molar-refractivity contribution in [3.05, 3.63) is 30.2 Å². The number of carbonyl (C=O) groups is 1. The van der Waals surface area contributed by atoms with Crippen molar-refractivity contribution in [1.82, 2.24) is 9.97 Å². The molecule has 0 aromatic carbocycles. The van der Waals surface area contributed by atoms with Crippen LogP contribution in [0.4, 0.5) is 0 Å². The van der Waals surface area contributed by atoms with E-state index in [2.05, 4.69) is 9.97 Å². The highest BCUT2D eigenvalue weighted by Crippen LogP contribution is 2.24. The van der Waals surface area contributed by atoms with Gasteiger partial charge in [0.25, 0.3) is 0 Å². The van der Waals surface area contributed by atoms with E-state index in [1.54, 1.807) is 18.6 Å². The van der Waals surface area contributed by atoms with Crippen LogP contribution in [0.25, 0.3) is 10.9 Å². The van der Waals surface area contributed by atoms with Crippen LogP contribution in [0.2, 0.25) is 0 Å². The Bertz CT molecular complexity index is 541. The van der Waals surface area contributed by atoms with Crippen molar-refractivity contribution in [2.75, 3.05) is 13.2 Å². The summed E-state index contributed by atoms with van der Waals surface area (Å²) in [6.07, 6.45) is 6.92. The van der Waals surface area contributed by atoms with Crippen molar-refractivity contribution in [2.24, 2.45) is 5.92 Å². The summed E-state index contributed by atoms with van der Waals surface area (Å²) in [5.41, 5.74) is 1.73. The highest BCUT2D eigenvalue weighted by atomic mass is 16.5. The van der Waals surface area contributed by atoms with Gasteiger partial charge in [0.15, 0.2) is 5.78 Å². The van der Waals surface area contributed by atoms with Crippen molar-refractivity contribution in [2.45, 2.75) is 12.8 Å². The quantitative estimate of drug-likeness (QED) is 0.804. The zero-order valence-corrected chi connectivity index (χ0v) is 9.48. The molecule has 4 nitrogen and oxygen atoms in total. The number of ketones is 1. The van der Waals surface area contributed by atoms with Crippen molar-refractivity contribution >= 4 is 16.7 Å². The molecule has 1 fully saturated rings. The molecule has 17 heavy (non-hydrogen) atoms. The molecule has 2 aromatic rings. The van der Waals surface area contributed by atoms with Crippen LogP contribution >= 0.6 is 0 Å². The molecule has 1 N–H and O–H groups in total. The van der Waals surface area contributed by atoms with Gasteiger partial charge < -0.3 is 9.72 Å². The summed E-state index contributed by atoms with van der Waals surface area (Å²) in [6, 6.07) is 1.89. The number of rotatable bonds is 2. The molecule has 3 heterocycles. The molecule has 0 saturated carbocycles. The summed E-state index contributed by atoms with van der Waals surface area (Å²) in [4.78, 5) is 19.6. The van der Waals surface area contributed by atoms with Gasteiger partial charge in [-0.2, -0.15) is 0 Å². The Morgan fingerprint density at radius 2 is 2.24 bits per heavy atom.